The summed E-state index contributed by atoms with van der Waals surface area (Å²) in [6.07, 6.45) is 0. The summed E-state index contributed by atoms with van der Waals surface area (Å²) in [5, 5.41) is 19.3. The number of hydrogen-bond donors (Lipinski definition) is 2. The van der Waals surface area contributed by atoms with Crippen LogP contribution in [0.1, 0.15) is 10.5 Å². The largest absolute Gasteiger partial charge is 0.508 e. The number of aromatic nitrogens is 2. The third kappa shape index (κ3) is 3.73. The summed E-state index contributed by atoms with van der Waals surface area (Å²) in [5.74, 6) is -2.96. The van der Waals surface area contributed by atoms with E-state index in [9.17, 15) is 19.4 Å². The minimum atomic E-state index is -1.39. The van der Waals surface area contributed by atoms with Crippen LogP contribution in [0.4, 0.5) is 8.78 Å². The maximum atomic E-state index is 15.0. The summed E-state index contributed by atoms with van der Waals surface area (Å²) in [6, 6.07) is 13.7. The molecule has 0 aliphatic heterocycles. The van der Waals surface area contributed by atoms with Crippen molar-refractivity contribution < 1.29 is 23.8 Å². The number of nitrogens with zero attached hydrogens (tertiary/aromatic N) is 2. The van der Waals surface area contributed by atoms with Gasteiger partial charge in [-0.1, -0.05) is 41.4 Å². The highest BCUT2D eigenvalue weighted by Gasteiger charge is 2.27. The van der Waals surface area contributed by atoms with Gasteiger partial charge in [0.2, 0.25) is 0 Å². The Morgan fingerprint density at radius 1 is 0.935 bits per heavy atom. The molecule has 0 saturated carbocycles. The van der Waals surface area contributed by atoms with Crippen LogP contribution in [-0.4, -0.2) is 25.7 Å². The summed E-state index contributed by atoms with van der Waals surface area (Å²) in [7, 11) is 0. The highest BCUT2D eigenvalue weighted by Crippen LogP contribution is 2.37. The quantitative estimate of drug-likeness (QED) is 0.380. The van der Waals surface area contributed by atoms with Gasteiger partial charge in [0.25, 0.3) is 0 Å². The van der Waals surface area contributed by atoms with Crippen molar-refractivity contribution in [3.8, 4) is 34.1 Å². The molecule has 1 aromatic heterocycles. The van der Waals surface area contributed by atoms with Crippen LogP contribution < -0.4 is 0 Å². The zero-order valence-corrected chi connectivity index (χ0v) is 17.0. The van der Waals surface area contributed by atoms with Gasteiger partial charge in [0.1, 0.15) is 17.4 Å². The molecular weight excluding hydrogens is 449 g/mol. The van der Waals surface area contributed by atoms with Crippen molar-refractivity contribution in [2.45, 2.75) is 0 Å². The zero-order chi connectivity index (χ0) is 22.3. The maximum Gasteiger partial charge on any atom is 0.356 e. The Morgan fingerprint density at radius 3 is 2.35 bits per heavy atom. The van der Waals surface area contributed by atoms with E-state index in [0.717, 1.165) is 6.07 Å². The van der Waals surface area contributed by atoms with Crippen molar-refractivity contribution in [1.29, 1.82) is 0 Å². The number of aromatic hydroxyl groups is 1. The number of phenolic OH excluding ortho intramolecular Hbond substituents is 1. The normalized spacial score (nSPS) is 11.0. The molecule has 0 unspecified atom stereocenters. The average Bonchev–Trinajstić information content (AvgIpc) is 3.13. The van der Waals surface area contributed by atoms with Gasteiger partial charge < -0.3 is 10.2 Å². The van der Waals surface area contributed by atoms with Crippen LogP contribution in [0.25, 0.3) is 28.3 Å². The number of phenols is 1. The number of carboxylic acid groups (broad SMARTS) is 1. The predicted octanol–water partition coefficient (Wildman–Crippen LogP) is 6.20. The lowest BCUT2D eigenvalue weighted by atomic mass is 10.1. The molecule has 2 N–H and O–H groups in total. The van der Waals surface area contributed by atoms with Crippen LogP contribution in [0.2, 0.25) is 10.0 Å². The number of halogens is 4. The average molecular weight is 461 g/mol. The molecule has 4 rings (SSSR count). The first-order valence-corrected chi connectivity index (χ1v) is 9.58. The number of imidazole rings is 1. The molecule has 0 atom stereocenters. The van der Waals surface area contributed by atoms with Crippen molar-refractivity contribution in [1.82, 2.24) is 9.55 Å². The molecule has 1 heterocycles. The third-order valence-electron chi connectivity index (χ3n) is 4.55. The Labute approximate surface area is 184 Å². The van der Waals surface area contributed by atoms with Gasteiger partial charge in [-0.3, -0.25) is 4.57 Å². The van der Waals surface area contributed by atoms with E-state index >= 15 is 4.39 Å². The number of carbonyl (C=O) groups is 1. The van der Waals surface area contributed by atoms with E-state index in [2.05, 4.69) is 4.98 Å². The molecule has 0 fully saturated rings. The molecule has 5 nitrogen and oxygen atoms in total. The van der Waals surface area contributed by atoms with Gasteiger partial charge in [0.15, 0.2) is 11.5 Å². The molecule has 4 aromatic rings. The second-order valence-corrected chi connectivity index (χ2v) is 7.34. The lowest BCUT2D eigenvalue weighted by Crippen LogP contribution is -2.05. The van der Waals surface area contributed by atoms with Crippen LogP contribution in [0.5, 0.6) is 5.75 Å². The van der Waals surface area contributed by atoms with Gasteiger partial charge in [-0.25, -0.2) is 18.6 Å². The van der Waals surface area contributed by atoms with Crippen molar-refractivity contribution in [2.75, 3.05) is 0 Å². The van der Waals surface area contributed by atoms with Crippen molar-refractivity contribution in [3.63, 3.8) is 0 Å². The minimum Gasteiger partial charge on any atom is -0.508 e. The summed E-state index contributed by atoms with van der Waals surface area (Å²) in [4.78, 5) is 16.2. The molecule has 156 valence electrons. The van der Waals surface area contributed by atoms with E-state index in [1.807, 2.05) is 0 Å². The molecule has 0 saturated heterocycles. The molecule has 3 aromatic carbocycles. The lowest BCUT2D eigenvalue weighted by molar-refractivity contribution is 0.0692. The van der Waals surface area contributed by atoms with E-state index in [0.29, 0.717) is 5.56 Å². The highest BCUT2D eigenvalue weighted by atomic mass is 35.5. The van der Waals surface area contributed by atoms with E-state index in [1.54, 1.807) is 6.07 Å². The Morgan fingerprint density at radius 2 is 1.68 bits per heavy atom. The van der Waals surface area contributed by atoms with Crippen molar-refractivity contribution in [3.05, 3.63) is 88.0 Å². The Hall–Kier alpha value is -3.42. The molecule has 0 aliphatic rings. The number of carboxylic acids is 1. The molecular formula is C22H12Cl2F2N2O3. The van der Waals surface area contributed by atoms with Crippen LogP contribution >= 0.6 is 23.2 Å². The molecule has 0 radical (unpaired) electrons. The van der Waals surface area contributed by atoms with Gasteiger partial charge in [-0.2, -0.15) is 0 Å². The first-order valence-electron chi connectivity index (χ1n) is 8.83. The lowest BCUT2D eigenvalue weighted by Gasteiger charge is -2.15. The topological polar surface area (TPSA) is 75.3 Å². The molecule has 31 heavy (non-hydrogen) atoms. The van der Waals surface area contributed by atoms with Gasteiger partial charge >= 0.3 is 5.97 Å². The monoisotopic (exact) mass is 460 g/mol. The minimum absolute atomic E-state index is 0.0323. The fraction of sp³-hybridized carbons (Fsp3) is 0. The highest BCUT2D eigenvalue weighted by molar-refractivity contribution is 6.31. The second-order valence-electron chi connectivity index (χ2n) is 6.53. The molecule has 0 aliphatic carbocycles. The SMILES string of the molecule is O=C(O)c1nc(-c2cccc(O)c2)n(-c2cccc(Cl)c2F)c1-c1ccc(F)c(Cl)c1. The van der Waals surface area contributed by atoms with E-state index < -0.39 is 23.3 Å². The summed E-state index contributed by atoms with van der Waals surface area (Å²) >= 11 is 11.9. The summed E-state index contributed by atoms with van der Waals surface area (Å²) in [5.41, 5.74) is -0.0148. The summed E-state index contributed by atoms with van der Waals surface area (Å²) in [6.45, 7) is 0. The van der Waals surface area contributed by atoms with E-state index in [1.165, 1.54) is 53.1 Å². The first-order chi connectivity index (χ1) is 14.8. The van der Waals surface area contributed by atoms with Gasteiger partial charge in [-0.15, -0.1) is 0 Å². The van der Waals surface area contributed by atoms with Gasteiger partial charge in [0, 0.05) is 11.1 Å². The fourth-order valence-corrected chi connectivity index (χ4v) is 3.57. The van der Waals surface area contributed by atoms with Crippen LogP contribution in [-0.2, 0) is 0 Å². The smallest absolute Gasteiger partial charge is 0.356 e. The predicted molar refractivity (Wildman–Crippen MR) is 113 cm³/mol. The fourth-order valence-electron chi connectivity index (χ4n) is 3.22. The maximum absolute atomic E-state index is 15.0. The Kier molecular flexibility index (Phi) is 5.39. The molecule has 9 heteroatoms. The van der Waals surface area contributed by atoms with E-state index in [4.69, 9.17) is 23.2 Å². The Bertz CT molecular complexity index is 1340. The number of rotatable bonds is 4. The van der Waals surface area contributed by atoms with Gasteiger partial charge in [-0.05, 0) is 42.5 Å². The number of benzene rings is 3. The molecule has 0 amide bonds. The Balaban J connectivity index is 2.15. The summed E-state index contributed by atoms with van der Waals surface area (Å²) < 4.78 is 30.1. The van der Waals surface area contributed by atoms with Crippen LogP contribution in [0.3, 0.4) is 0 Å². The van der Waals surface area contributed by atoms with Crippen molar-refractivity contribution in [2.24, 2.45) is 0 Å². The van der Waals surface area contributed by atoms with Crippen LogP contribution in [0, 0.1) is 11.6 Å². The van der Waals surface area contributed by atoms with Gasteiger partial charge in [0.05, 0.1) is 21.4 Å². The first kappa shape index (κ1) is 20.8. The zero-order valence-electron chi connectivity index (χ0n) is 15.5. The van der Waals surface area contributed by atoms with Crippen molar-refractivity contribution >= 4 is 29.2 Å². The second kappa shape index (κ2) is 8.02. The molecule has 0 bridgehead atoms. The standard InChI is InChI=1S/C22H12Cl2F2N2O3/c23-14-5-2-6-17(18(14)26)28-20(11-7-8-16(25)15(24)10-11)19(22(30)31)27-21(28)12-3-1-4-13(29)9-12/h1-10,29H,(H,30,31). The molecule has 0 spiro atoms. The van der Waals surface area contributed by atoms with E-state index in [-0.39, 0.29) is 38.6 Å². The third-order valence-corrected chi connectivity index (χ3v) is 5.13. The van der Waals surface area contributed by atoms with Crippen LogP contribution in [0.15, 0.2) is 60.7 Å². The number of hydrogen-bond acceptors (Lipinski definition) is 3. The number of aromatic carboxylic acids is 1.